The van der Waals surface area contributed by atoms with Gasteiger partial charge in [-0.2, -0.15) is 0 Å². The van der Waals surface area contributed by atoms with Crippen molar-refractivity contribution in [1.82, 2.24) is 9.29 Å². The molecule has 3 rings (SSSR count). The Morgan fingerprint density at radius 1 is 1.06 bits per heavy atom. The third-order valence-corrected chi connectivity index (χ3v) is 7.07. The van der Waals surface area contributed by atoms with E-state index in [4.69, 9.17) is 4.74 Å². The third kappa shape index (κ3) is 5.31. The number of nitrogens with zero attached hydrogens (tertiary/aromatic N) is 3. The van der Waals surface area contributed by atoms with E-state index in [1.165, 1.54) is 51.3 Å². The molecule has 0 aliphatic heterocycles. The predicted molar refractivity (Wildman–Crippen MR) is 123 cm³/mol. The van der Waals surface area contributed by atoms with Gasteiger partial charge < -0.3 is 4.74 Å². The first-order valence-corrected chi connectivity index (χ1v) is 11.7. The van der Waals surface area contributed by atoms with Gasteiger partial charge in [0.2, 0.25) is 15.1 Å². The topological polar surface area (TPSA) is 109 Å². The molecule has 3 aromatic rings. The molecule has 0 saturated carbocycles. The number of benzene rings is 2. The van der Waals surface area contributed by atoms with Crippen LogP contribution in [-0.4, -0.2) is 50.7 Å². The summed E-state index contributed by atoms with van der Waals surface area (Å²) in [4.78, 5) is 29.5. The van der Waals surface area contributed by atoms with Crippen molar-refractivity contribution < 1.29 is 22.7 Å². The van der Waals surface area contributed by atoms with Crippen LogP contribution in [0.3, 0.4) is 0 Å². The summed E-state index contributed by atoms with van der Waals surface area (Å²) in [6.07, 6.45) is 1.48. The molecule has 32 heavy (non-hydrogen) atoms. The van der Waals surface area contributed by atoms with Crippen molar-refractivity contribution >= 4 is 44.0 Å². The zero-order valence-electron chi connectivity index (χ0n) is 17.9. The van der Waals surface area contributed by atoms with Crippen LogP contribution in [0.4, 0.5) is 15.6 Å². The number of sulfonamides is 1. The monoisotopic (exact) mass is 474 g/mol. The normalized spacial score (nSPS) is 11.3. The molecule has 168 valence electrons. The summed E-state index contributed by atoms with van der Waals surface area (Å²) in [6.45, 7) is 1.49. The number of hydrogen-bond donors (Lipinski definition) is 1. The Kier molecular flexibility index (Phi) is 6.92. The second-order valence-electron chi connectivity index (χ2n) is 6.94. The second-order valence-corrected chi connectivity index (χ2v) is 10.1. The Hall–Kier alpha value is -3.28. The van der Waals surface area contributed by atoms with Gasteiger partial charge in [0, 0.05) is 32.4 Å². The van der Waals surface area contributed by atoms with E-state index in [2.05, 4.69) is 10.3 Å². The van der Waals surface area contributed by atoms with Crippen molar-refractivity contribution in [2.75, 3.05) is 31.4 Å². The number of hydrogen-bond acceptors (Lipinski definition) is 7. The quantitative estimate of drug-likeness (QED) is 0.517. The van der Waals surface area contributed by atoms with Gasteiger partial charge in [0.25, 0.3) is 0 Å². The molecule has 0 radical (unpaired) electrons. The molecule has 1 aromatic heterocycles. The summed E-state index contributed by atoms with van der Waals surface area (Å²) >= 11 is 1.13. The van der Waals surface area contributed by atoms with Gasteiger partial charge in [0.1, 0.15) is 5.75 Å². The van der Waals surface area contributed by atoms with E-state index < -0.39 is 16.1 Å². The molecule has 0 aliphatic carbocycles. The van der Waals surface area contributed by atoms with Crippen LogP contribution in [0, 0.1) is 0 Å². The first-order chi connectivity index (χ1) is 15.1. The standard InChI is InChI=1S/C21H22N4O5S2/c1-14(26)15-8-10-17(11-9-15)30-19-13-22-20(31-19)23-21(27)25(4)16-6-5-7-18(12-16)32(28,29)24(2)3/h5-13H,1-4H3,(H,22,23,27). The molecule has 1 heterocycles. The second kappa shape index (κ2) is 9.47. The molecule has 0 spiro atoms. The van der Waals surface area contributed by atoms with Crippen molar-refractivity contribution in [3.63, 3.8) is 0 Å². The number of nitrogens with one attached hydrogen (secondary N) is 1. The molecule has 2 amide bonds. The predicted octanol–water partition coefficient (Wildman–Crippen LogP) is 4.06. The van der Waals surface area contributed by atoms with Crippen LogP contribution in [0.5, 0.6) is 10.8 Å². The first kappa shape index (κ1) is 23.4. The highest BCUT2D eigenvalue weighted by Crippen LogP contribution is 2.31. The highest BCUT2D eigenvalue weighted by Gasteiger charge is 2.20. The van der Waals surface area contributed by atoms with E-state index in [1.807, 2.05) is 0 Å². The molecule has 0 bridgehead atoms. The van der Waals surface area contributed by atoms with Gasteiger partial charge in [-0.05, 0) is 49.4 Å². The Morgan fingerprint density at radius 2 is 1.75 bits per heavy atom. The number of anilines is 2. The van der Waals surface area contributed by atoms with E-state index >= 15 is 0 Å². The summed E-state index contributed by atoms with van der Waals surface area (Å²) in [6, 6.07) is 12.3. The Bertz CT molecular complexity index is 1240. The lowest BCUT2D eigenvalue weighted by atomic mass is 10.1. The molecule has 0 saturated heterocycles. The number of rotatable bonds is 7. The SMILES string of the molecule is CC(=O)c1ccc(Oc2cnc(NC(=O)N(C)c3cccc(S(=O)(=O)N(C)C)c3)s2)cc1. The van der Waals surface area contributed by atoms with Crippen LogP contribution < -0.4 is 15.0 Å². The number of aromatic nitrogens is 1. The van der Waals surface area contributed by atoms with Crippen LogP contribution >= 0.6 is 11.3 Å². The summed E-state index contributed by atoms with van der Waals surface area (Å²) in [5.41, 5.74) is 0.990. The van der Waals surface area contributed by atoms with Crippen LogP contribution in [-0.2, 0) is 10.0 Å². The Labute approximate surface area is 190 Å². The molecule has 2 aromatic carbocycles. The van der Waals surface area contributed by atoms with E-state index in [1.54, 1.807) is 36.4 Å². The molecule has 1 N–H and O–H groups in total. The summed E-state index contributed by atoms with van der Waals surface area (Å²) < 4.78 is 31.5. The number of carbonyl (C=O) groups excluding carboxylic acids is 2. The largest absolute Gasteiger partial charge is 0.445 e. The average Bonchev–Trinajstić information content (AvgIpc) is 3.20. The molecule has 0 unspecified atom stereocenters. The third-order valence-electron chi connectivity index (χ3n) is 4.47. The van der Waals surface area contributed by atoms with Gasteiger partial charge in [-0.3, -0.25) is 15.0 Å². The fraction of sp³-hybridized carbons (Fsp3) is 0.190. The van der Waals surface area contributed by atoms with Gasteiger partial charge in [-0.25, -0.2) is 22.5 Å². The minimum absolute atomic E-state index is 0.0340. The molecule has 0 aliphatic rings. The van der Waals surface area contributed by atoms with Crippen LogP contribution in [0.25, 0.3) is 0 Å². The zero-order valence-corrected chi connectivity index (χ0v) is 19.5. The summed E-state index contributed by atoms with van der Waals surface area (Å²) in [7, 11) is 0.789. The van der Waals surface area contributed by atoms with Crippen LogP contribution in [0.2, 0.25) is 0 Å². The smallest absolute Gasteiger partial charge is 0.327 e. The number of carbonyl (C=O) groups is 2. The number of urea groups is 1. The van der Waals surface area contributed by atoms with Crippen molar-refractivity contribution in [2.24, 2.45) is 0 Å². The number of Topliss-reactive ketones (excluding diaryl/α,β-unsaturated/α-hetero) is 1. The number of thiazole rings is 1. The van der Waals surface area contributed by atoms with Crippen LogP contribution in [0.1, 0.15) is 17.3 Å². The number of ether oxygens (including phenoxy) is 1. The highest BCUT2D eigenvalue weighted by molar-refractivity contribution is 7.89. The molecular weight excluding hydrogens is 452 g/mol. The van der Waals surface area contributed by atoms with Crippen LogP contribution in [0.15, 0.2) is 59.6 Å². The maximum Gasteiger partial charge on any atom is 0.327 e. The highest BCUT2D eigenvalue weighted by atomic mass is 32.2. The summed E-state index contributed by atoms with van der Waals surface area (Å²) in [5, 5.41) is 3.43. The van der Waals surface area contributed by atoms with E-state index in [9.17, 15) is 18.0 Å². The molecular formula is C21H22N4O5S2. The molecule has 0 fully saturated rings. The van der Waals surface area contributed by atoms with E-state index in [-0.39, 0.29) is 10.7 Å². The number of ketones is 1. The molecule has 11 heteroatoms. The minimum Gasteiger partial charge on any atom is -0.445 e. The van der Waals surface area contributed by atoms with Gasteiger partial charge in [0.15, 0.2) is 10.9 Å². The lowest BCUT2D eigenvalue weighted by Crippen LogP contribution is -2.31. The average molecular weight is 475 g/mol. The zero-order chi connectivity index (χ0) is 23.5. The fourth-order valence-electron chi connectivity index (χ4n) is 2.59. The van der Waals surface area contributed by atoms with Crippen molar-refractivity contribution in [1.29, 1.82) is 0 Å². The van der Waals surface area contributed by atoms with Gasteiger partial charge >= 0.3 is 6.03 Å². The lowest BCUT2D eigenvalue weighted by molar-refractivity contribution is 0.101. The maximum absolute atomic E-state index is 12.6. The molecule has 9 nitrogen and oxygen atoms in total. The number of amides is 2. The van der Waals surface area contributed by atoms with Gasteiger partial charge in [-0.15, -0.1) is 0 Å². The lowest BCUT2D eigenvalue weighted by Gasteiger charge is -2.19. The van der Waals surface area contributed by atoms with Gasteiger partial charge in [-0.1, -0.05) is 17.4 Å². The fourth-order valence-corrected chi connectivity index (χ4v) is 4.21. The maximum atomic E-state index is 12.6. The van der Waals surface area contributed by atoms with Crippen molar-refractivity contribution in [3.8, 4) is 10.8 Å². The van der Waals surface area contributed by atoms with Crippen molar-refractivity contribution in [3.05, 3.63) is 60.3 Å². The van der Waals surface area contributed by atoms with Crippen molar-refractivity contribution in [2.45, 2.75) is 11.8 Å². The Balaban J connectivity index is 1.68. The minimum atomic E-state index is -3.62. The first-order valence-electron chi connectivity index (χ1n) is 9.40. The van der Waals surface area contributed by atoms with Gasteiger partial charge in [0.05, 0.1) is 11.1 Å². The molecule has 0 atom stereocenters. The van der Waals surface area contributed by atoms with E-state index in [0.29, 0.717) is 27.2 Å². The van der Waals surface area contributed by atoms with E-state index in [0.717, 1.165) is 15.6 Å². The Morgan fingerprint density at radius 3 is 2.38 bits per heavy atom. The summed E-state index contributed by atoms with van der Waals surface area (Å²) in [5.74, 6) is 0.501.